The van der Waals surface area contributed by atoms with Crippen molar-refractivity contribution in [2.75, 3.05) is 24.1 Å². The summed E-state index contributed by atoms with van der Waals surface area (Å²) >= 11 is 7.32. The molecule has 0 bridgehead atoms. The summed E-state index contributed by atoms with van der Waals surface area (Å²) in [6.45, 7) is 1.21. The van der Waals surface area contributed by atoms with Crippen LogP contribution in [0.1, 0.15) is 39.8 Å². The number of anilines is 2. The number of carbonyl (C=O) groups is 2. The Labute approximate surface area is 215 Å². The van der Waals surface area contributed by atoms with Crippen LogP contribution in [-0.4, -0.2) is 45.4 Å². The Hall–Kier alpha value is -3.67. The number of hydrogen-bond acceptors (Lipinski definition) is 9. The van der Waals surface area contributed by atoms with Crippen LogP contribution in [0.25, 0.3) is 10.9 Å². The molecule has 1 saturated heterocycles. The van der Waals surface area contributed by atoms with Crippen molar-refractivity contribution < 1.29 is 19.2 Å². The predicted molar refractivity (Wildman–Crippen MR) is 137 cm³/mol. The van der Waals surface area contributed by atoms with E-state index in [1.165, 1.54) is 11.3 Å². The van der Waals surface area contributed by atoms with Crippen molar-refractivity contribution in [3.05, 3.63) is 69.1 Å². The summed E-state index contributed by atoms with van der Waals surface area (Å²) in [6, 6.07) is 12.4. The summed E-state index contributed by atoms with van der Waals surface area (Å²) in [5.41, 5.74) is 8.34. The lowest BCUT2D eigenvalue weighted by Crippen LogP contribution is -2.35. The van der Waals surface area contributed by atoms with E-state index >= 15 is 0 Å². The molecule has 1 aliphatic heterocycles. The van der Waals surface area contributed by atoms with Gasteiger partial charge in [-0.3, -0.25) is 9.89 Å². The van der Waals surface area contributed by atoms with Crippen LogP contribution in [0.15, 0.2) is 47.8 Å². The minimum Gasteiger partial charge on any atom is -0.428 e. The van der Waals surface area contributed by atoms with Gasteiger partial charge in [0.15, 0.2) is 5.82 Å². The Kier molecular flexibility index (Phi) is 7.03. The monoisotopic (exact) mass is 526 g/mol. The Morgan fingerprint density at radius 2 is 1.97 bits per heavy atom. The molecule has 36 heavy (non-hydrogen) atoms. The first kappa shape index (κ1) is 24.0. The van der Waals surface area contributed by atoms with Crippen molar-refractivity contribution in [3.8, 4) is 0 Å². The van der Waals surface area contributed by atoms with Crippen molar-refractivity contribution in [1.82, 2.24) is 20.2 Å². The Morgan fingerprint density at radius 1 is 1.19 bits per heavy atom. The maximum Gasteiger partial charge on any atom is 0.528 e. The lowest BCUT2D eigenvalue weighted by Gasteiger charge is -2.28. The number of carbonyl (C=O) groups excluding carboxylic acids is 2. The van der Waals surface area contributed by atoms with E-state index in [1.807, 2.05) is 0 Å². The predicted octanol–water partition coefficient (Wildman–Crippen LogP) is 4.96. The molecule has 0 atom stereocenters. The number of hydrogen-bond donors (Lipinski definition) is 3. The topological polar surface area (TPSA) is 135 Å². The smallest absolute Gasteiger partial charge is 0.428 e. The maximum absolute atomic E-state index is 12.7. The number of nitrogens with two attached hydrogens (primary N) is 1. The fourth-order valence-electron chi connectivity index (χ4n) is 3.94. The first-order chi connectivity index (χ1) is 17.4. The SMILES string of the molecule is Nc1n[nH]c2cc(NC(=O)c3csc(C4CCN(OC(=O)OCc5ccc(Cl)cc5)CC4)n3)ccc12. The van der Waals surface area contributed by atoms with Crippen molar-refractivity contribution >= 4 is 57.4 Å². The highest BCUT2D eigenvalue weighted by Gasteiger charge is 2.26. The van der Waals surface area contributed by atoms with Gasteiger partial charge in [0, 0.05) is 40.5 Å². The lowest BCUT2D eigenvalue weighted by atomic mass is 9.99. The Bertz CT molecular complexity index is 1380. The van der Waals surface area contributed by atoms with E-state index in [4.69, 9.17) is 26.9 Å². The second kappa shape index (κ2) is 10.5. The fourth-order valence-corrected chi connectivity index (χ4v) is 5.04. The van der Waals surface area contributed by atoms with Crippen LogP contribution in [0.4, 0.5) is 16.3 Å². The fraction of sp³-hybridized carbons (Fsp3) is 0.250. The summed E-state index contributed by atoms with van der Waals surface area (Å²) in [5, 5.41) is 15.3. The first-order valence-corrected chi connectivity index (χ1v) is 12.5. The lowest BCUT2D eigenvalue weighted by molar-refractivity contribution is -0.140. The van der Waals surface area contributed by atoms with Gasteiger partial charge in [-0.15, -0.1) is 16.4 Å². The van der Waals surface area contributed by atoms with E-state index in [0.29, 0.717) is 35.3 Å². The largest absolute Gasteiger partial charge is 0.528 e. The van der Waals surface area contributed by atoms with Crippen LogP contribution in [0.5, 0.6) is 0 Å². The normalized spacial score (nSPS) is 14.6. The number of amides is 1. The van der Waals surface area contributed by atoms with Gasteiger partial charge in [-0.1, -0.05) is 23.7 Å². The molecule has 3 heterocycles. The van der Waals surface area contributed by atoms with E-state index in [9.17, 15) is 9.59 Å². The minimum absolute atomic E-state index is 0.111. The highest BCUT2D eigenvalue weighted by atomic mass is 35.5. The second-order valence-electron chi connectivity index (χ2n) is 8.35. The number of halogens is 1. The standard InChI is InChI=1S/C24H23ClN6O4S/c25-16-3-1-14(2-4-16)12-34-24(33)35-31-9-7-15(8-10-31)23-28-20(13-36-23)22(32)27-17-5-6-18-19(11-17)29-30-21(18)26/h1-6,11,13,15H,7-10,12H2,(H,27,32)(H3,26,29,30). The van der Waals surface area contributed by atoms with Crippen molar-refractivity contribution in [3.63, 3.8) is 0 Å². The van der Waals surface area contributed by atoms with E-state index in [0.717, 1.165) is 34.3 Å². The maximum atomic E-state index is 12.7. The molecule has 0 aliphatic carbocycles. The number of piperidine rings is 1. The van der Waals surface area contributed by atoms with Crippen LogP contribution in [0, 0.1) is 0 Å². The zero-order valence-corrected chi connectivity index (χ0v) is 20.6. The molecule has 1 amide bonds. The van der Waals surface area contributed by atoms with Crippen LogP contribution < -0.4 is 11.1 Å². The van der Waals surface area contributed by atoms with Gasteiger partial charge in [0.05, 0.1) is 10.5 Å². The molecule has 4 aromatic rings. The molecule has 1 aliphatic rings. The summed E-state index contributed by atoms with van der Waals surface area (Å²) < 4.78 is 5.17. The van der Waals surface area contributed by atoms with Gasteiger partial charge < -0.3 is 20.6 Å². The quantitative estimate of drug-likeness (QED) is 0.300. The van der Waals surface area contributed by atoms with Crippen molar-refractivity contribution in [2.24, 2.45) is 0 Å². The zero-order chi connectivity index (χ0) is 25.1. The number of nitrogen functional groups attached to an aromatic ring is 1. The Morgan fingerprint density at radius 3 is 2.75 bits per heavy atom. The molecular formula is C24H23ClN6O4S. The van der Waals surface area contributed by atoms with Crippen molar-refractivity contribution in [2.45, 2.75) is 25.4 Å². The van der Waals surface area contributed by atoms with Crippen molar-refractivity contribution in [1.29, 1.82) is 0 Å². The van der Waals surface area contributed by atoms with Gasteiger partial charge in [-0.2, -0.15) is 5.10 Å². The van der Waals surface area contributed by atoms with Crippen LogP contribution >= 0.6 is 22.9 Å². The summed E-state index contributed by atoms with van der Waals surface area (Å²) in [6.07, 6.45) is 0.751. The molecule has 12 heteroatoms. The number of hydroxylamine groups is 2. The Balaban J connectivity index is 1.09. The number of benzene rings is 2. The summed E-state index contributed by atoms with van der Waals surface area (Å²) in [7, 11) is 0. The molecule has 10 nitrogen and oxygen atoms in total. The molecule has 4 N–H and O–H groups in total. The number of H-pyrrole nitrogens is 1. The number of nitrogens with one attached hydrogen (secondary N) is 2. The molecule has 2 aromatic heterocycles. The van der Waals surface area contributed by atoms with Gasteiger partial charge in [-0.05, 0) is 48.7 Å². The average Bonchev–Trinajstić information content (AvgIpc) is 3.52. The van der Waals surface area contributed by atoms with E-state index in [1.54, 1.807) is 52.9 Å². The third-order valence-electron chi connectivity index (χ3n) is 5.88. The number of aromatic nitrogens is 3. The second-order valence-corrected chi connectivity index (χ2v) is 9.68. The highest BCUT2D eigenvalue weighted by Crippen LogP contribution is 2.31. The molecule has 2 aromatic carbocycles. The summed E-state index contributed by atoms with van der Waals surface area (Å²) in [5.74, 6) is 0.317. The summed E-state index contributed by atoms with van der Waals surface area (Å²) in [4.78, 5) is 34.6. The molecule has 0 saturated carbocycles. The zero-order valence-electron chi connectivity index (χ0n) is 19.1. The number of aromatic amines is 1. The van der Waals surface area contributed by atoms with Gasteiger partial charge in [-0.25, -0.2) is 9.78 Å². The van der Waals surface area contributed by atoms with Gasteiger partial charge >= 0.3 is 6.16 Å². The molecule has 0 radical (unpaired) electrons. The highest BCUT2D eigenvalue weighted by molar-refractivity contribution is 7.10. The molecule has 186 valence electrons. The minimum atomic E-state index is -0.743. The van der Waals surface area contributed by atoms with Gasteiger partial charge in [0.25, 0.3) is 5.91 Å². The molecule has 0 unspecified atom stereocenters. The molecule has 0 spiro atoms. The van der Waals surface area contributed by atoms with Gasteiger partial charge in [0.1, 0.15) is 12.3 Å². The molecule has 5 rings (SSSR count). The van der Waals surface area contributed by atoms with Crippen LogP contribution in [0.3, 0.4) is 0 Å². The van der Waals surface area contributed by atoms with Crippen LogP contribution in [-0.2, 0) is 16.2 Å². The number of nitrogens with zero attached hydrogens (tertiary/aromatic N) is 3. The van der Waals surface area contributed by atoms with E-state index in [2.05, 4.69) is 20.5 Å². The first-order valence-electron chi connectivity index (χ1n) is 11.3. The number of ether oxygens (including phenoxy) is 1. The number of rotatable bonds is 6. The third-order valence-corrected chi connectivity index (χ3v) is 7.14. The van der Waals surface area contributed by atoms with E-state index in [-0.39, 0.29) is 18.4 Å². The molecule has 1 fully saturated rings. The van der Waals surface area contributed by atoms with Gasteiger partial charge in [0.2, 0.25) is 0 Å². The third kappa shape index (κ3) is 5.59. The average molecular weight is 527 g/mol. The van der Waals surface area contributed by atoms with E-state index < -0.39 is 6.16 Å². The van der Waals surface area contributed by atoms with Crippen LogP contribution in [0.2, 0.25) is 5.02 Å². The number of thiazole rings is 1. The molecular weight excluding hydrogens is 504 g/mol. The number of fused-ring (bicyclic) bond motifs is 1.